The van der Waals surface area contributed by atoms with Crippen molar-refractivity contribution >= 4 is 34.3 Å². The Balaban J connectivity index is 2.09. The molecule has 9 heteroatoms. The van der Waals surface area contributed by atoms with Crippen molar-refractivity contribution in [3.63, 3.8) is 0 Å². The summed E-state index contributed by atoms with van der Waals surface area (Å²) in [5.41, 5.74) is 7.64. The van der Waals surface area contributed by atoms with E-state index in [4.69, 9.17) is 12.2 Å². The van der Waals surface area contributed by atoms with E-state index >= 15 is 0 Å². The number of hydrogen-bond acceptors (Lipinski definition) is 4. The van der Waals surface area contributed by atoms with Crippen LogP contribution in [0.5, 0.6) is 0 Å². The molecule has 0 radical (unpaired) electrons. The van der Waals surface area contributed by atoms with Gasteiger partial charge in [0.15, 0.2) is 5.11 Å². The lowest BCUT2D eigenvalue weighted by Gasteiger charge is -2.08. The zero-order chi connectivity index (χ0) is 14.0. The lowest BCUT2D eigenvalue weighted by Crippen LogP contribution is -2.46. The van der Waals surface area contributed by atoms with E-state index in [-0.39, 0.29) is 12.5 Å². The van der Waals surface area contributed by atoms with Crippen molar-refractivity contribution < 1.29 is 4.79 Å². The average molecular weight is 281 g/mol. The maximum absolute atomic E-state index is 11.7. The van der Waals surface area contributed by atoms with Gasteiger partial charge in [-0.15, -0.1) is 0 Å². The second-order valence-electron chi connectivity index (χ2n) is 4.00. The Morgan fingerprint density at radius 2 is 2.21 bits per heavy atom. The summed E-state index contributed by atoms with van der Waals surface area (Å²) in [6.45, 7) is 1.97. The highest BCUT2D eigenvalue weighted by Crippen LogP contribution is 2.16. The normalized spacial score (nSPS) is 10.5. The van der Waals surface area contributed by atoms with Gasteiger partial charge in [-0.1, -0.05) is 0 Å². The number of nitrogens with zero attached hydrogens (tertiary/aromatic N) is 4. The molecule has 0 aliphatic heterocycles. The Morgan fingerprint density at radius 1 is 1.47 bits per heavy atom. The molecule has 0 saturated heterocycles. The first-order valence-corrected chi connectivity index (χ1v) is 6.05. The molecule has 0 saturated carbocycles. The molecular formula is C10H15N7OS. The van der Waals surface area contributed by atoms with Gasteiger partial charge in [-0.3, -0.25) is 25.0 Å². The predicted octanol–water partition coefficient (Wildman–Crippen LogP) is -0.797. The third-order valence-corrected chi connectivity index (χ3v) is 2.95. The van der Waals surface area contributed by atoms with E-state index in [0.29, 0.717) is 5.11 Å². The monoisotopic (exact) mass is 281 g/mol. The highest BCUT2D eigenvalue weighted by atomic mass is 32.1. The van der Waals surface area contributed by atoms with E-state index in [2.05, 4.69) is 26.4 Å². The summed E-state index contributed by atoms with van der Waals surface area (Å²) in [7, 11) is 3.51. The molecule has 8 nitrogen and oxygen atoms in total. The molecule has 0 aliphatic carbocycles. The van der Waals surface area contributed by atoms with Gasteiger partial charge < -0.3 is 5.32 Å². The zero-order valence-corrected chi connectivity index (χ0v) is 11.7. The molecule has 3 N–H and O–H groups in total. The van der Waals surface area contributed by atoms with Crippen molar-refractivity contribution in [1.29, 1.82) is 0 Å². The minimum atomic E-state index is -0.245. The van der Waals surface area contributed by atoms with E-state index < -0.39 is 0 Å². The first kappa shape index (κ1) is 13.3. The Labute approximate surface area is 115 Å². The molecule has 2 rings (SSSR count). The Kier molecular flexibility index (Phi) is 3.65. The van der Waals surface area contributed by atoms with Crippen molar-refractivity contribution in [3.05, 3.63) is 11.9 Å². The second kappa shape index (κ2) is 5.22. The van der Waals surface area contributed by atoms with Crippen molar-refractivity contribution in [2.45, 2.75) is 13.5 Å². The van der Waals surface area contributed by atoms with E-state index in [1.54, 1.807) is 22.6 Å². The van der Waals surface area contributed by atoms with Gasteiger partial charge in [0.05, 0.1) is 11.9 Å². The highest BCUT2D eigenvalue weighted by Gasteiger charge is 2.13. The molecule has 0 bridgehead atoms. The summed E-state index contributed by atoms with van der Waals surface area (Å²) >= 11 is 4.85. The Morgan fingerprint density at radius 3 is 2.89 bits per heavy atom. The molecule has 0 aliphatic rings. The van der Waals surface area contributed by atoms with E-state index in [1.807, 2.05) is 14.0 Å². The topological polar surface area (TPSA) is 88.8 Å². The fraction of sp³-hybridized carbons (Fsp3) is 0.400. The van der Waals surface area contributed by atoms with Crippen LogP contribution in [0.15, 0.2) is 6.20 Å². The largest absolute Gasteiger partial charge is 0.364 e. The van der Waals surface area contributed by atoms with Crippen LogP contribution in [0.2, 0.25) is 0 Å². The van der Waals surface area contributed by atoms with Crippen LogP contribution >= 0.6 is 12.2 Å². The molecule has 19 heavy (non-hydrogen) atoms. The molecule has 2 heterocycles. The summed E-state index contributed by atoms with van der Waals surface area (Å²) in [5.74, 6) is -0.245. The van der Waals surface area contributed by atoms with E-state index in [9.17, 15) is 4.79 Å². The lowest BCUT2D eigenvalue weighted by atomic mass is 10.4. The molecule has 0 aromatic carbocycles. The minimum absolute atomic E-state index is 0.0926. The molecular weight excluding hydrogens is 266 g/mol. The molecule has 0 spiro atoms. The van der Waals surface area contributed by atoms with Gasteiger partial charge in [-0.2, -0.15) is 10.2 Å². The average Bonchev–Trinajstić information content (AvgIpc) is 2.90. The van der Waals surface area contributed by atoms with Crippen LogP contribution in [-0.4, -0.2) is 37.6 Å². The summed E-state index contributed by atoms with van der Waals surface area (Å²) in [4.78, 5) is 11.7. The number of aryl methyl sites for hydroxylation is 2. The number of fused-ring (bicyclic) bond motifs is 1. The lowest BCUT2D eigenvalue weighted by molar-refractivity contribution is -0.122. The van der Waals surface area contributed by atoms with E-state index in [0.717, 1.165) is 16.7 Å². The third-order valence-electron chi connectivity index (χ3n) is 2.65. The van der Waals surface area contributed by atoms with Gasteiger partial charge in [0.25, 0.3) is 5.91 Å². The molecule has 102 valence electrons. The van der Waals surface area contributed by atoms with Crippen molar-refractivity contribution in [3.8, 4) is 0 Å². The first-order chi connectivity index (χ1) is 9.02. The van der Waals surface area contributed by atoms with Crippen molar-refractivity contribution in [1.82, 2.24) is 35.7 Å². The van der Waals surface area contributed by atoms with Crippen LogP contribution in [0.25, 0.3) is 11.0 Å². The van der Waals surface area contributed by atoms with Gasteiger partial charge in [0.1, 0.15) is 17.6 Å². The maximum atomic E-state index is 11.7. The smallest absolute Gasteiger partial charge is 0.260 e. The predicted molar refractivity (Wildman–Crippen MR) is 74.2 cm³/mol. The number of rotatable bonds is 2. The maximum Gasteiger partial charge on any atom is 0.260 e. The van der Waals surface area contributed by atoms with Crippen LogP contribution in [0.3, 0.4) is 0 Å². The molecule has 2 aromatic heterocycles. The van der Waals surface area contributed by atoms with Crippen molar-refractivity contribution in [2.24, 2.45) is 7.05 Å². The second-order valence-corrected chi connectivity index (χ2v) is 4.41. The number of carbonyl (C=O) groups is 1. The Bertz CT molecular complexity index is 629. The van der Waals surface area contributed by atoms with Crippen LogP contribution in [0, 0.1) is 6.92 Å². The molecule has 0 atom stereocenters. The standard InChI is InChI=1S/C10H15N7OS/c1-6-9-7(16(3)15-6)4-12-17(9)5-8(18)13-14-10(19)11-2/h4H,5H2,1-3H3,(H,13,18)(H2,11,14,19). The summed E-state index contributed by atoms with van der Waals surface area (Å²) < 4.78 is 3.34. The highest BCUT2D eigenvalue weighted by molar-refractivity contribution is 7.80. The van der Waals surface area contributed by atoms with Crippen molar-refractivity contribution in [2.75, 3.05) is 7.05 Å². The van der Waals surface area contributed by atoms with Gasteiger partial charge in [0, 0.05) is 14.1 Å². The number of carbonyl (C=O) groups excluding carboxylic acids is 1. The Hall–Kier alpha value is -2.16. The van der Waals surface area contributed by atoms with Crippen LogP contribution in [-0.2, 0) is 18.4 Å². The van der Waals surface area contributed by atoms with Gasteiger partial charge in [-0.05, 0) is 19.1 Å². The third kappa shape index (κ3) is 2.65. The molecule has 0 unspecified atom stereocenters. The molecule has 0 fully saturated rings. The number of thiocarbonyl (C=S) groups is 1. The zero-order valence-electron chi connectivity index (χ0n) is 10.9. The first-order valence-electron chi connectivity index (χ1n) is 5.64. The van der Waals surface area contributed by atoms with E-state index in [1.165, 1.54) is 0 Å². The minimum Gasteiger partial charge on any atom is -0.364 e. The van der Waals surface area contributed by atoms with Crippen LogP contribution in [0.1, 0.15) is 5.69 Å². The van der Waals surface area contributed by atoms with Gasteiger partial charge in [-0.25, -0.2) is 0 Å². The number of hydrogen-bond donors (Lipinski definition) is 3. The quantitative estimate of drug-likeness (QED) is 0.493. The summed E-state index contributed by atoms with van der Waals surface area (Å²) in [5, 5.41) is 11.5. The number of hydrazine groups is 1. The number of aromatic nitrogens is 4. The van der Waals surface area contributed by atoms with Crippen LogP contribution in [0.4, 0.5) is 0 Å². The molecule has 1 amide bonds. The summed E-state index contributed by atoms with van der Waals surface area (Å²) in [6, 6.07) is 0. The number of amides is 1. The number of nitrogens with one attached hydrogen (secondary N) is 3. The van der Waals surface area contributed by atoms with Gasteiger partial charge in [0.2, 0.25) is 0 Å². The summed E-state index contributed by atoms with van der Waals surface area (Å²) in [6.07, 6.45) is 1.69. The SMILES string of the molecule is CNC(=S)NNC(=O)Cn1ncc2c1c(C)nn2C. The fourth-order valence-corrected chi connectivity index (χ4v) is 1.85. The fourth-order valence-electron chi connectivity index (χ4n) is 1.80. The molecule has 2 aromatic rings. The van der Waals surface area contributed by atoms with Crippen LogP contribution < -0.4 is 16.2 Å². The van der Waals surface area contributed by atoms with Gasteiger partial charge >= 0.3 is 0 Å².